The summed E-state index contributed by atoms with van der Waals surface area (Å²) < 4.78 is 24.3. The van der Waals surface area contributed by atoms with Crippen LogP contribution in [0.2, 0.25) is 0 Å². The number of rotatable bonds is 3. The Balaban J connectivity index is 2.28. The summed E-state index contributed by atoms with van der Waals surface area (Å²) in [6.45, 7) is 3.61. The molecular formula is C14H17N3O3S. The highest BCUT2D eigenvalue weighted by atomic mass is 32.2. The number of aryl methyl sites for hydroxylation is 2. The fourth-order valence-corrected chi connectivity index (χ4v) is 2.58. The number of nitrogens with zero attached hydrogens (tertiary/aromatic N) is 1. The Morgan fingerprint density at radius 2 is 1.86 bits per heavy atom. The molecule has 0 saturated carbocycles. The molecule has 2 aromatic rings. The van der Waals surface area contributed by atoms with Crippen LogP contribution in [0.25, 0.3) is 0 Å². The molecule has 1 aromatic carbocycles. The summed E-state index contributed by atoms with van der Waals surface area (Å²) in [5, 5.41) is 7.84. The summed E-state index contributed by atoms with van der Waals surface area (Å²) in [7, 11) is -1.94. The predicted octanol–water partition coefficient (Wildman–Crippen LogP) is 1.54. The molecule has 0 fully saturated rings. The maximum Gasteiger partial charge on any atom is 0.272 e. The van der Waals surface area contributed by atoms with E-state index in [9.17, 15) is 13.2 Å². The smallest absolute Gasteiger partial charge is 0.272 e. The summed E-state index contributed by atoms with van der Waals surface area (Å²) in [5.74, 6) is -0.253. The number of hydrogen-bond acceptors (Lipinski definition) is 3. The van der Waals surface area contributed by atoms with E-state index in [1.54, 1.807) is 24.6 Å². The number of hydrogen-bond donors (Lipinski definition) is 2. The van der Waals surface area contributed by atoms with Gasteiger partial charge >= 0.3 is 0 Å². The van der Waals surface area contributed by atoms with Gasteiger partial charge in [0, 0.05) is 18.4 Å². The molecule has 0 aliphatic carbocycles. The van der Waals surface area contributed by atoms with Crippen molar-refractivity contribution < 1.29 is 13.2 Å². The third-order valence-electron chi connectivity index (χ3n) is 3.38. The Labute approximate surface area is 123 Å². The van der Waals surface area contributed by atoms with E-state index < -0.39 is 10.0 Å². The number of sulfonamides is 1. The maximum absolute atomic E-state index is 12.2. The molecule has 3 N–H and O–H groups in total. The minimum atomic E-state index is -3.74. The number of nitrogens with two attached hydrogens (primary N) is 1. The van der Waals surface area contributed by atoms with Gasteiger partial charge in [0.15, 0.2) is 0 Å². The fraction of sp³-hybridized carbons (Fsp3) is 0.214. The molecular weight excluding hydrogens is 290 g/mol. The van der Waals surface area contributed by atoms with Crippen LogP contribution in [0.1, 0.15) is 21.7 Å². The van der Waals surface area contributed by atoms with E-state index in [2.05, 4.69) is 5.32 Å². The van der Waals surface area contributed by atoms with Crippen LogP contribution in [0.3, 0.4) is 0 Å². The second-order valence-electron chi connectivity index (χ2n) is 4.89. The molecule has 0 unspecified atom stereocenters. The van der Waals surface area contributed by atoms with Gasteiger partial charge in [0.1, 0.15) is 5.69 Å². The van der Waals surface area contributed by atoms with Gasteiger partial charge < -0.3 is 9.88 Å². The van der Waals surface area contributed by atoms with Crippen LogP contribution in [-0.4, -0.2) is 18.9 Å². The van der Waals surface area contributed by atoms with E-state index in [0.29, 0.717) is 16.9 Å². The average Bonchev–Trinajstić information content (AvgIpc) is 2.71. The van der Waals surface area contributed by atoms with Crippen molar-refractivity contribution in [3.8, 4) is 0 Å². The number of nitrogens with one attached hydrogen (secondary N) is 1. The van der Waals surface area contributed by atoms with Crippen LogP contribution < -0.4 is 10.5 Å². The number of benzene rings is 1. The molecule has 0 aliphatic rings. The molecule has 0 bridgehead atoms. The van der Waals surface area contributed by atoms with Gasteiger partial charge in [0.2, 0.25) is 10.0 Å². The number of aromatic nitrogens is 1. The van der Waals surface area contributed by atoms with Crippen LogP contribution in [0.4, 0.5) is 5.69 Å². The van der Waals surface area contributed by atoms with Crippen molar-refractivity contribution in [1.29, 1.82) is 0 Å². The Kier molecular flexibility index (Phi) is 3.89. The van der Waals surface area contributed by atoms with E-state index >= 15 is 0 Å². The summed E-state index contributed by atoms with van der Waals surface area (Å²) in [6, 6.07) is 7.92. The number of anilines is 1. The first-order valence-electron chi connectivity index (χ1n) is 6.27. The largest absolute Gasteiger partial charge is 0.344 e. The first kappa shape index (κ1) is 15.3. The Morgan fingerprint density at radius 3 is 2.33 bits per heavy atom. The van der Waals surface area contributed by atoms with Crippen LogP contribution in [0.15, 0.2) is 35.2 Å². The molecule has 1 heterocycles. The molecule has 1 amide bonds. The predicted molar refractivity (Wildman–Crippen MR) is 80.7 cm³/mol. The minimum absolute atomic E-state index is 0.0210. The molecule has 21 heavy (non-hydrogen) atoms. The molecule has 1 aromatic heterocycles. The second kappa shape index (κ2) is 5.34. The van der Waals surface area contributed by atoms with Gasteiger partial charge in [-0.3, -0.25) is 4.79 Å². The van der Waals surface area contributed by atoms with E-state index in [-0.39, 0.29) is 10.8 Å². The van der Waals surface area contributed by atoms with Gasteiger partial charge in [-0.05, 0) is 49.7 Å². The van der Waals surface area contributed by atoms with E-state index in [0.717, 1.165) is 5.69 Å². The molecule has 7 heteroatoms. The molecule has 0 saturated heterocycles. The van der Waals surface area contributed by atoms with E-state index in [4.69, 9.17) is 5.14 Å². The Morgan fingerprint density at radius 1 is 1.19 bits per heavy atom. The SMILES string of the molecule is Cc1cc(S(N)(=O)=O)ccc1NC(=O)c1ccc(C)n1C. The maximum atomic E-state index is 12.2. The van der Waals surface area contributed by atoms with Gasteiger partial charge in [-0.1, -0.05) is 0 Å². The second-order valence-corrected chi connectivity index (χ2v) is 6.46. The zero-order valence-electron chi connectivity index (χ0n) is 12.0. The first-order chi connectivity index (χ1) is 9.70. The fourth-order valence-electron chi connectivity index (χ4n) is 1.98. The molecule has 2 rings (SSSR count). The monoisotopic (exact) mass is 307 g/mol. The summed E-state index contributed by atoms with van der Waals surface area (Å²) in [4.78, 5) is 12.2. The van der Waals surface area contributed by atoms with Crippen molar-refractivity contribution in [1.82, 2.24) is 4.57 Å². The number of carbonyl (C=O) groups is 1. The van der Waals surface area contributed by atoms with Crippen molar-refractivity contribution in [3.05, 3.63) is 47.3 Å². The normalized spacial score (nSPS) is 11.4. The topological polar surface area (TPSA) is 94.2 Å². The van der Waals surface area contributed by atoms with Crippen molar-refractivity contribution >= 4 is 21.6 Å². The van der Waals surface area contributed by atoms with Gasteiger partial charge in [0.05, 0.1) is 4.90 Å². The lowest BCUT2D eigenvalue weighted by atomic mass is 10.2. The highest BCUT2D eigenvalue weighted by Crippen LogP contribution is 2.20. The third-order valence-corrected chi connectivity index (χ3v) is 4.29. The number of primary sulfonamides is 1. The Bertz CT molecular complexity index is 807. The van der Waals surface area contributed by atoms with Gasteiger partial charge in [-0.25, -0.2) is 13.6 Å². The average molecular weight is 307 g/mol. The van der Waals surface area contributed by atoms with Gasteiger partial charge in [-0.2, -0.15) is 0 Å². The summed E-state index contributed by atoms with van der Waals surface area (Å²) >= 11 is 0. The van der Waals surface area contributed by atoms with E-state index in [1.165, 1.54) is 18.2 Å². The molecule has 0 atom stereocenters. The highest BCUT2D eigenvalue weighted by molar-refractivity contribution is 7.89. The quantitative estimate of drug-likeness (QED) is 0.900. The van der Waals surface area contributed by atoms with E-state index in [1.807, 2.05) is 13.0 Å². The molecule has 112 valence electrons. The van der Waals surface area contributed by atoms with Crippen LogP contribution in [-0.2, 0) is 17.1 Å². The lowest BCUT2D eigenvalue weighted by molar-refractivity contribution is 0.101. The third kappa shape index (κ3) is 3.14. The minimum Gasteiger partial charge on any atom is -0.344 e. The van der Waals surface area contributed by atoms with Crippen molar-refractivity contribution in [3.63, 3.8) is 0 Å². The van der Waals surface area contributed by atoms with Gasteiger partial charge in [0.25, 0.3) is 5.91 Å². The van der Waals surface area contributed by atoms with Crippen molar-refractivity contribution in [2.24, 2.45) is 12.2 Å². The van der Waals surface area contributed by atoms with Crippen molar-refractivity contribution in [2.75, 3.05) is 5.32 Å². The zero-order chi connectivity index (χ0) is 15.8. The highest BCUT2D eigenvalue weighted by Gasteiger charge is 2.14. The van der Waals surface area contributed by atoms with Crippen LogP contribution in [0, 0.1) is 13.8 Å². The summed E-state index contributed by atoms with van der Waals surface area (Å²) in [6.07, 6.45) is 0. The lowest BCUT2D eigenvalue weighted by Gasteiger charge is -2.10. The van der Waals surface area contributed by atoms with Crippen LogP contribution >= 0.6 is 0 Å². The molecule has 0 radical (unpaired) electrons. The zero-order valence-corrected chi connectivity index (χ0v) is 12.9. The van der Waals surface area contributed by atoms with Crippen molar-refractivity contribution in [2.45, 2.75) is 18.7 Å². The first-order valence-corrected chi connectivity index (χ1v) is 7.82. The molecule has 0 aliphatic heterocycles. The lowest BCUT2D eigenvalue weighted by Crippen LogP contribution is -2.17. The molecule has 6 nitrogen and oxygen atoms in total. The standard InChI is InChI=1S/C14H17N3O3S/c1-9-8-11(21(15,19)20)5-6-12(9)16-14(18)13-7-4-10(2)17(13)3/h4-8H,1-3H3,(H,16,18)(H2,15,19,20). The number of amides is 1. The Hall–Kier alpha value is -2.12. The van der Waals surface area contributed by atoms with Gasteiger partial charge in [-0.15, -0.1) is 0 Å². The summed E-state index contributed by atoms with van der Waals surface area (Å²) in [5.41, 5.74) is 2.68. The van der Waals surface area contributed by atoms with Crippen LogP contribution in [0.5, 0.6) is 0 Å². The molecule has 0 spiro atoms. The number of carbonyl (C=O) groups excluding carboxylic acids is 1.